The Morgan fingerprint density at radius 2 is 1.83 bits per heavy atom. The van der Waals surface area contributed by atoms with Crippen molar-refractivity contribution in [2.75, 3.05) is 0 Å². The number of benzene rings is 1. The minimum Gasteiger partial charge on any atom is -0.352 e. The third kappa shape index (κ3) is 3.63. The van der Waals surface area contributed by atoms with Crippen molar-refractivity contribution in [1.82, 2.24) is 9.88 Å². The number of rotatable bonds is 4. The van der Waals surface area contributed by atoms with Crippen LogP contribution in [0.2, 0.25) is 0 Å². The quantitative estimate of drug-likeness (QED) is 0.691. The zero-order valence-corrected chi connectivity index (χ0v) is 13.7. The third-order valence-electron chi connectivity index (χ3n) is 4.70. The van der Waals surface area contributed by atoms with Crippen LogP contribution in [0.4, 0.5) is 0 Å². The van der Waals surface area contributed by atoms with Gasteiger partial charge in [0, 0.05) is 28.7 Å². The van der Waals surface area contributed by atoms with Gasteiger partial charge in [-0.05, 0) is 25.8 Å². The molecule has 122 valence electrons. The molecule has 0 aliphatic heterocycles. The van der Waals surface area contributed by atoms with Crippen molar-refractivity contribution in [3.05, 3.63) is 36.0 Å². The van der Waals surface area contributed by atoms with Crippen molar-refractivity contribution in [2.24, 2.45) is 0 Å². The SMILES string of the molecule is CC(=O)c1cn(CC(=O)NC2CCCCCC2)c2ccccc12. The van der Waals surface area contributed by atoms with E-state index in [0.717, 1.165) is 23.7 Å². The molecule has 1 aromatic heterocycles. The van der Waals surface area contributed by atoms with Gasteiger partial charge in [0.05, 0.1) is 0 Å². The summed E-state index contributed by atoms with van der Waals surface area (Å²) in [6.07, 6.45) is 8.92. The van der Waals surface area contributed by atoms with E-state index in [9.17, 15) is 9.59 Å². The van der Waals surface area contributed by atoms with Crippen LogP contribution in [-0.4, -0.2) is 22.3 Å². The molecule has 23 heavy (non-hydrogen) atoms. The number of carbonyl (C=O) groups excluding carboxylic acids is 2. The van der Waals surface area contributed by atoms with Crippen LogP contribution in [-0.2, 0) is 11.3 Å². The van der Waals surface area contributed by atoms with E-state index >= 15 is 0 Å². The summed E-state index contributed by atoms with van der Waals surface area (Å²) in [6, 6.07) is 8.06. The lowest BCUT2D eigenvalue weighted by Gasteiger charge is -2.16. The number of nitrogens with zero attached hydrogens (tertiary/aromatic N) is 1. The summed E-state index contributed by atoms with van der Waals surface area (Å²) in [5.74, 6) is 0.0666. The third-order valence-corrected chi connectivity index (χ3v) is 4.70. The van der Waals surface area contributed by atoms with Crippen molar-refractivity contribution in [3.8, 4) is 0 Å². The molecule has 0 spiro atoms. The summed E-state index contributed by atoms with van der Waals surface area (Å²) < 4.78 is 1.89. The molecule has 1 fully saturated rings. The number of ketones is 1. The Balaban J connectivity index is 1.75. The first kappa shape index (κ1) is 15.8. The number of amides is 1. The number of aromatic nitrogens is 1. The van der Waals surface area contributed by atoms with Crippen molar-refractivity contribution < 1.29 is 9.59 Å². The van der Waals surface area contributed by atoms with E-state index in [1.165, 1.54) is 25.7 Å². The molecule has 0 bridgehead atoms. The van der Waals surface area contributed by atoms with Crippen molar-refractivity contribution in [1.29, 1.82) is 0 Å². The Kier molecular flexibility index (Phi) is 4.79. The molecule has 0 unspecified atom stereocenters. The Morgan fingerprint density at radius 3 is 2.52 bits per heavy atom. The average molecular weight is 312 g/mol. The predicted octanol–water partition coefficient (Wildman–Crippen LogP) is 3.68. The highest BCUT2D eigenvalue weighted by atomic mass is 16.2. The topological polar surface area (TPSA) is 51.1 Å². The second kappa shape index (κ2) is 6.99. The number of fused-ring (bicyclic) bond motifs is 1. The largest absolute Gasteiger partial charge is 0.352 e. The highest BCUT2D eigenvalue weighted by molar-refractivity contribution is 6.07. The molecule has 1 amide bonds. The molecule has 4 heteroatoms. The molecule has 3 rings (SSSR count). The molecule has 1 aliphatic rings. The standard InChI is InChI=1S/C19H24N2O2/c1-14(22)17-12-21(18-11-7-6-10-16(17)18)13-19(23)20-15-8-4-2-3-5-9-15/h6-7,10-12,15H,2-5,8-9,13H2,1H3,(H,20,23). The van der Waals surface area contributed by atoms with Crippen LogP contribution < -0.4 is 5.32 Å². The maximum Gasteiger partial charge on any atom is 0.240 e. The first-order chi connectivity index (χ1) is 11.1. The second-order valence-electron chi connectivity index (χ2n) is 6.50. The number of nitrogens with one attached hydrogen (secondary N) is 1. The number of carbonyl (C=O) groups is 2. The normalized spacial score (nSPS) is 16.2. The molecule has 4 nitrogen and oxygen atoms in total. The van der Waals surface area contributed by atoms with Gasteiger partial charge in [-0.2, -0.15) is 0 Å². The Bertz CT molecular complexity index is 709. The van der Waals surface area contributed by atoms with Gasteiger partial charge in [-0.25, -0.2) is 0 Å². The minimum atomic E-state index is 0.0316. The number of hydrogen-bond donors (Lipinski definition) is 1. The number of para-hydroxylation sites is 1. The van der Waals surface area contributed by atoms with Crippen LogP contribution in [0.3, 0.4) is 0 Å². The Hall–Kier alpha value is -2.10. The van der Waals surface area contributed by atoms with E-state index in [2.05, 4.69) is 5.32 Å². The molecule has 1 saturated carbocycles. The molecular weight excluding hydrogens is 288 g/mol. The zero-order chi connectivity index (χ0) is 16.2. The zero-order valence-electron chi connectivity index (χ0n) is 13.7. The van der Waals surface area contributed by atoms with Crippen LogP contribution in [0.15, 0.2) is 30.5 Å². The van der Waals surface area contributed by atoms with E-state index in [1.807, 2.05) is 28.8 Å². The fourth-order valence-corrected chi connectivity index (χ4v) is 3.51. The van der Waals surface area contributed by atoms with E-state index in [1.54, 1.807) is 13.1 Å². The smallest absolute Gasteiger partial charge is 0.240 e. The van der Waals surface area contributed by atoms with E-state index in [4.69, 9.17) is 0 Å². The van der Waals surface area contributed by atoms with Gasteiger partial charge in [-0.15, -0.1) is 0 Å². The van der Waals surface area contributed by atoms with Gasteiger partial charge in [-0.3, -0.25) is 9.59 Å². The lowest BCUT2D eigenvalue weighted by Crippen LogP contribution is -2.36. The second-order valence-corrected chi connectivity index (χ2v) is 6.50. The monoisotopic (exact) mass is 312 g/mol. The summed E-state index contributed by atoms with van der Waals surface area (Å²) in [5.41, 5.74) is 1.62. The number of hydrogen-bond acceptors (Lipinski definition) is 2. The maximum absolute atomic E-state index is 12.4. The van der Waals surface area contributed by atoms with Gasteiger partial charge in [0.25, 0.3) is 0 Å². The molecule has 1 N–H and O–H groups in total. The molecular formula is C19H24N2O2. The highest BCUT2D eigenvalue weighted by Crippen LogP contribution is 2.22. The van der Waals surface area contributed by atoms with Crippen LogP contribution in [0, 0.1) is 0 Å². The first-order valence-electron chi connectivity index (χ1n) is 8.53. The van der Waals surface area contributed by atoms with Gasteiger partial charge in [0.2, 0.25) is 5.91 Å². The highest BCUT2D eigenvalue weighted by Gasteiger charge is 2.17. The van der Waals surface area contributed by atoms with Crippen LogP contribution >= 0.6 is 0 Å². The molecule has 1 heterocycles. The Labute approximate surface area is 136 Å². The van der Waals surface area contributed by atoms with E-state index in [-0.39, 0.29) is 18.2 Å². The van der Waals surface area contributed by atoms with Gasteiger partial charge >= 0.3 is 0 Å². The van der Waals surface area contributed by atoms with Crippen molar-refractivity contribution >= 4 is 22.6 Å². The summed E-state index contributed by atoms with van der Waals surface area (Å²) in [6.45, 7) is 1.84. The lowest BCUT2D eigenvalue weighted by atomic mass is 10.1. The van der Waals surface area contributed by atoms with Gasteiger partial charge in [0.1, 0.15) is 6.54 Å². The van der Waals surface area contributed by atoms with Crippen molar-refractivity contribution in [3.63, 3.8) is 0 Å². The van der Waals surface area contributed by atoms with Gasteiger partial charge < -0.3 is 9.88 Å². The molecule has 1 aromatic carbocycles. The van der Waals surface area contributed by atoms with Gasteiger partial charge in [0.15, 0.2) is 5.78 Å². The summed E-state index contributed by atoms with van der Waals surface area (Å²) in [7, 11) is 0. The summed E-state index contributed by atoms with van der Waals surface area (Å²) in [4.78, 5) is 24.2. The molecule has 1 aliphatic carbocycles. The average Bonchev–Trinajstić information content (AvgIpc) is 2.70. The number of Topliss-reactive ketones (excluding diaryl/α,β-unsaturated/α-hetero) is 1. The molecule has 0 radical (unpaired) electrons. The van der Waals surface area contributed by atoms with Crippen molar-refractivity contribution in [2.45, 2.75) is 58.0 Å². The summed E-state index contributed by atoms with van der Waals surface area (Å²) in [5, 5.41) is 4.08. The molecule has 2 aromatic rings. The fourth-order valence-electron chi connectivity index (χ4n) is 3.51. The molecule has 0 saturated heterocycles. The molecule has 0 atom stereocenters. The first-order valence-corrected chi connectivity index (χ1v) is 8.53. The lowest BCUT2D eigenvalue weighted by molar-refractivity contribution is -0.122. The van der Waals surface area contributed by atoms with Crippen LogP contribution in [0.25, 0.3) is 10.9 Å². The fraction of sp³-hybridized carbons (Fsp3) is 0.474. The summed E-state index contributed by atoms with van der Waals surface area (Å²) >= 11 is 0. The van der Waals surface area contributed by atoms with Crippen LogP contribution in [0.5, 0.6) is 0 Å². The Morgan fingerprint density at radius 1 is 1.13 bits per heavy atom. The van der Waals surface area contributed by atoms with Crippen LogP contribution in [0.1, 0.15) is 55.8 Å². The van der Waals surface area contributed by atoms with E-state index in [0.29, 0.717) is 11.6 Å². The minimum absolute atomic E-state index is 0.0316. The maximum atomic E-state index is 12.4. The van der Waals surface area contributed by atoms with E-state index < -0.39 is 0 Å². The van der Waals surface area contributed by atoms with Gasteiger partial charge in [-0.1, -0.05) is 43.9 Å². The predicted molar refractivity (Wildman–Crippen MR) is 91.6 cm³/mol.